The van der Waals surface area contributed by atoms with E-state index in [-0.39, 0.29) is 5.82 Å². The third-order valence-corrected chi connectivity index (χ3v) is 2.31. The average Bonchev–Trinajstić information content (AvgIpc) is 2.67. The lowest BCUT2D eigenvalue weighted by atomic mass is 10.1. The van der Waals surface area contributed by atoms with Crippen molar-refractivity contribution in [3.8, 4) is 11.8 Å². The Hall–Kier alpha value is -1.33. The summed E-state index contributed by atoms with van der Waals surface area (Å²) >= 11 is 0. The molecule has 1 aromatic carbocycles. The van der Waals surface area contributed by atoms with Gasteiger partial charge in [-0.2, -0.15) is 0 Å². The van der Waals surface area contributed by atoms with E-state index in [1.807, 2.05) is 6.07 Å². The van der Waals surface area contributed by atoms with Gasteiger partial charge in [-0.1, -0.05) is 17.9 Å². The van der Waals surface area contributed by atoms with Gasteiger partial charge < -0.3 is 5.32 Å². The standard InChI is InChI=1S/C12H12FN/c13-12-3-1-2-10(8-12)4-5-11-6-7-14-9-11/h1-3,8,11,14H,6-7,9H2. The van der Waals surface area contributed by atoms with Gasteiger partial charge in [0.15, 0.2) is 0 Å². The zero-order chi connectivity index (χ0) is 9.80. The van der Waals surface area contributed by atoms with Crippen LogP contribution in [0.4, 0.5) is 4.39 Å². The van der Waals surface area contributed by atoms with Crippen LogP contribution in [0.3, 0.4) is 0 Å². The molecule has 1 nitrogen and oxygen atoms in total. The van der Waals surface area contributed by atoms with Crippen molar-refractivity contribution in [2.75, 3.05) is 13.1 Å². The zero-order valence-electron chi connectivity index (χ0n) is 7.89. The first kappa shape index (κ1) is 9.23. The van der Waals surface area contributed by atoms with Crippen LogP contribution in [0, 0.1) is 23.6 Å². The van der Waals surface area contributed by atoms with Gasteiger partial charge in [0.25, 0.3) is 0 Å². The summed E-state index contributed by atoms with van der Waals surface area (Å²) in [6.45, 7) is 2.00. The van der Waals surface area contributed by atoms with Crippen molar-refractivity contribution in [3.63, 3.8) is 0 Å². The van der Waals surface area contributed by atoms with Crippen molar-refractivity contribution in [2.45, 2.75) is 6.42 Å². The van der Waals surface area contributed by atoms with Crippen LogP contribution < -0.4 is 5.32 Å². The van der Waals surface area contributed by atoms with E-state index in [4.69, 9.17) is 0 Å². The summed E-state index contributed by atoms with van der Waals surface area (Å²) in [7, 11) is 0. The van der Waals surface area contributed by atoms with Crippen molar-refractivity contribution >= 4 is 0 Å². The van der Waals surface area contributed by atoms with Crippen LogP contribution in [0.2, 0.25) is 0 Å². The summed E-state index contributed by atoms with van der Waals surface area (Å²) in [6.07, 6.45) is 1.10. The van der Waals surface area contributed by atoms with Crippen LogP contribution in [0.1, 0.15) is 12.0 Å². The second kappa shape index (κ2) is 4.26. The number of nitrogens with one attached hydrogen (secondary N) is 1. The molecule has 2 rings (SSSR count). The number of hydrogen-bond acceptors (Lipinski definition) is 1. The fraction of sp³-hybridized carbons (Fsp3) is 0.333. The van der Waals surface area contributed by atoms with Gasteiger partial charge in [0, 0.05) is 18.0 Å². The van der Waals surface area contributed by atoms with E-state index in [1.54, 1.807) is 6.07 Å². The lowest BCUT2D eigenvalue weighted by Gasteiger charge is -1.95. The van der Waals surface area contributed by atoms with E-state index in [0.717, 1.165) is 25.1 Å². The van der Waals surface area contributed by atoms with Crippen molar-refractivity contribution in [1.82, 2.24) is 5.32 Å². The monoisotopic (exact) mass is 189 g/mol. The smallest absolute Gasteiger partial charge is 0.124 e. The largest absolute Gasteiger partial charge is 0.315 e. The molecule has 0 radical (unpaired) electrons. The zero-order valence-corrected chi connectivity index (χ0v) is 7.89. The van der Waals surface area contributed by atoms with Gasteiger partial charge >= 0.3 is 0 Å². The Labute approximate surface area is 83.3 Å². The molecule has 72 valence electrons. The molecule has 1 aliphatic heterocycles. The quantitative estimate of drug-likeness (QED) is 0.613. The average molecular weight is 189 g/mol. The molecule has 0 amide bonds. The normalized spacial score (nSPS) is 20.2. The fourth-order valence-electron chi connectivity index (χ4n) is 1.53. The lowest BCUT2D eigenvalue weighted by Crippen LogP contribution is -2.07. The summed E-state index contributed by atoms with van der Waals surface area (Å²) < 4.78 is 12.8. The fourth-order valence-corrected chi connectivity index (χ4v) is 1.53. The Balaban J connectivity index is 2.08. The van der Waals surface area contributed by atoms with E-state index in [0.29, 0.717) is 5.92 Å². The Bertz CT molecular complexity index is 369. The van der Waals surface area contributed by atoms with Crippen LogP contribution in [-0.4, -0.2) is 13.1 Å². The highest BCUT2D eigenvalue weighted by molar-refractivity contribution is 5.34. The van der Waals surface area contributed by atoms with Gasteiger partial charge in [0.1, 0.15) is 5.82 Å². The SMILES string of the molecule is Fc1cccc(C#CC2CCNC2)c1. The van der Waals surface area contributed by atoms with E-state index >= 15 is 0 Å². The molecule has 0 aromatic heterocycles. The van der Waals surface area contributed by atoms with Crippen molar-refractivity contribution < 1.29 is 4.39 Å². The van der Waals surface area contributed by atoms with Gasteiger partial charge in [-0.05, 0) is 31.2 Å². The highest BCUT2D eigenvalue weighted by Crippen LogP contribution is 2.06. The van der Waals surface area contributed by atoms with Gasteiger partial charge in [-0.25, -0.2) is 4.39 Å². The van der Waals surface area contributed by atoms with Crippen molar-refractivity contribution in [2.24, 2.45) is 5.92 Å². The molecule has 1 atom stereocenters. The van der Waals surface area contributed by atoms with E-state index in [2.05, 4.69) is 17.2 Å². The summed E-state index contributed by atoms with van der Waals surface area (Å²) in [5.74, 6) is 6.35. The highest BCUT2D eigenvalue weighted by Gasteiger charge is 2.10. The van der Waals surface area contributed by atoms with E-state index < -0.39 is 0 Å². The number of hydrogen-bond donors (Lipinski definition) is 1. The van der Waals surface area contributed by atoms with Crippen LogP contribution in [0.15, 0.2) is 24.3 Å². The van der Waals surface area contributed by atoms with Gasteiger partial charge in [0.05, 0.1) is 0 Å². The maximum atomic E-state index is 12.8. The first-order valence-corrected chi connectivity index (χ1v) is 4.82. The Morgan fingerprint density at radius 2 is 2.36 bits per heavy atom. The molecule has 1 aromatic rings. The predicted octanol–water partition coefficient (Wildman–Crippen LogP) is 1.79. The van der Waals surface area contributed by atoms with E-state index in [9.17, 15) is 4.39 Å². The second-order valence-corrected chi connectivity index (χ2v) is 3.47. The molecule has 2 heteroatoms. The topological polar surface area (TPSA) is 12.0 Å². The highest BCUT2D eigenvalue weighted by atomic mass is 19.1. The molecule has 1 aliphatic rings. The molecule has 1 fully saturated rings. The van der Waals surface area contributed by atoms with Crippen LogP contribution in [0.5, 0.6) is 0 Å². The number of benzene rings is 1. The molecule has 0 saturated carbocycles. The molecular formula is C12H12FN. The van der Waals surface area contributed by atoms with Gasteiger partial charge in [0.2, 0.25) is 0 Å². The molecule has 0 bridgehead atoms. The Morgan fingerprint density at radius 3 is 3.07 bits per heavy atom. The van der Waals surface area contributed by atoms with Gasteiger partial charge in [-0.15, -0.1) is 0 Å². The molecule has 0 spiro atoms. The molecule has 1 unspecified atom stereocenters. The Morgan fingerprint density at radius 1 is 1.43 bits per heavy atom. The van der Waals surface area contributed by atoms with Crippen LogP contribution in [0.25, 0.3) is 0 Å². The summed E-state index contributed by atoms with van der Waals surface area (Å²) in [5, 5.41) is 3.24. The van der Waals surface area contributed by atoms with E-state index in [1.165, 1.54) is 12.1 Å². The lowest BCUT2D eigenvalue weighted by molar-refractivity contribution is 0.627. The maximum absolute atomic E-state index is 12.8. The Kier molecular flexibility index (Phi) is 2.81. The first-order valence-electron chi connectivity index (χ1n) is 4.82. The minimum Gasteiger partial charge on any atom is -0.315 e. The summed E-state index contributed by atoms with van der Waals surface area (Å²) in [5.41, 5.74) is 0.761. The van der Waals surface area contributed by atoms with Crippen molar-refractivity contribution in [1.29, 1.82) is 0 Å². The minimum atomic E-state index is -0.221. The molecule has 1 saturated heterocycles. The number of rotatable bonds is 0. The second-order valence-electron chi connectivity index (χ2n) is 3.47. The summed E-state index contributed by atoms with van der Waals surface area (Å²) in [6, 6.07) is 6.42. The molecule has 1 N–H and O–H groups in total. The molecular weight excluding hydrogens is 177 g/mol. The molecule has 14 heavy (non-hydrogen) atoms. The summed E-state index contributed by atoms with van der Waals surface area (Å²) in [4.78, 5) is 0. The first-order chi connectivity index (χ1) is 6.84. The third-order valence-electron chi connectivity index (χ3n) is 2.31. The molecule has 1 heterocycles. The predicted molar refractivity (Wildman–Crippen MR) is 54.3 cm³/mol. The van der Waals surface area contributed by atoms with Gasteiger partial charge in [-0.3, -0.25) is 0 Å². The number of halogens is 1. The van der Waals surface area contributed by atoms with Crippen LogP contribution in [-0.2, 0) is 0 Å². The van der Waals surface area contributed by atoms with Crippen LogP contribution >= 0.6 is 0 Å². The third kappa shape index (κ3) is 2.34. The minimum absolute atomic E-state index is 0.221. The molecule has 0 aliphatic carbocycles. The van der Waals surface area contributed by atoms with Crippen molar-refractivity contribution in [3.05, 3.63) is 35.6 Å². The maximum Gasteiger partial charge on any atom is 0.124 e.